The van der Waals surface area contributed by atoms with Crippen molar-refractivity contribution < 1.29 is 4.74 Å². The van der Waals surface area contributed by atoms with E-state index in [4.69, 9.17) is 10.5 Å². The van der Waals surface area contributed by atoms with Gasteiger partial charge in [0.25, 0.3) is 0 Å². The molecule has 0 radical (unpaired) electrons. The second-order valence-corrected chi connectivity index (χ2v) is 5.06. The molecule has 0 amide bonds. The van der Waals surface area contributed by atoms with Crippen molar-refractivity contribution in [2.45, 2.75) is 25.8 Å². The average Bonchev–Trinajstić information content (AvgIpc) is 3.04. The van der Waals surface area contributed by atoms with Crippen LogP contribution in [0.5, 0.6) is 5.75 Å². The van der Waals surface area contributed by atoms with Crippen LogP contribution >= 0.6 is 15.9 Å². The van der Waals surface area contributed by atoms with Gasteiger partial charge in [-0.15, -0.1) is 0 Å². The summed E-state index contributed by atoms with van der Waals surface area (Å²) < 4.78 is 6.49. The van der Waals surface area contributed by atoms with Gasteiger partial charge < -0.3 is 10.5 Å². The molecule has 15 heavy (non-hydrogen) atoms. The van der Waals surface area contributed by atoms with E-state index in [0.717, 1.165) is 15.8 Å². The molecule has 1 atom stereocenters. The van der Waals surface area contributed by atoms with Crippen LogP contribution in [0.1, 0.15) is 30.0 Å². The highest BCUT2D eigenvalue weighted by Crippen LogP contribution is 2.43. The number of methoxy groups -OCH3 is 1. The second-order valence-electron chi connectivity index (χ2n) is 4.21. The molecule has 0 saturated heterocycles. The number of halogens is 1. The minimum atomic E-state index is 0.122. The van der Waals surface area contributed by atoms with E-state index in [0.29, 0.717) is 5.92 Å². The summed E-state index contributed by atoms with van der Waals surface area (Å²) in [4.78, 5) is 0. The molecular formula is C12H16BrNO. The van der Waals surface area contributed by atoms with Crippen molar-refractivity contribution in [1.82, 2.24) is 0 Å². The van der Waals surface area contributed by atoms with Gasteiger partial charge in [0.15, 0.2) is 0 Å². The molecule has 0 heterocycles. The van der Waals surface area contributed by atoms with Crippen molar-refractivity contribution in [3.8, 4) is 5.75 Å². The quantitative estimate of drug-likeness (QED) is 0.915. The first-order chi connectivity index (χ1) is 7.13. The number of aryl methyl sites for hydroxylation is 1. The molecule has 82 valence electrons. The third-order valence-corrected chi connectivity index (χ3v) is 3.85. The summed E-state index contributed by atoms with van der Waals surface area (Å²) in [7, 11) is 1.70. The third kappa shape index (κ3) is 2.18. The number of hydrogen-bond donors (Lipinski definition) is 1. The molecule has 0 aliphatic heterocycles. The van der Waals surface area contributed by atoms with Crippen LogP contribution in [-0.2, 0) is 0 Å². The van der Waals surface area contributed by atoms with Crippen LogP contribution in [0, 0.1) is 12.8 Å². The summed E-state index contributed by atoms with van der Waals surface area (Å²) in [6, 6.07) is 4.26. The van der Waals surface area contributed by atoms with Crippen molar-refractivity contribution in [2.24, 2.45) is 11.7 Å². The van der Waals surface area contributed by atoms with E-state index >= 15 is 0 Å². The number of nitrogens with two attached hydrogens (primary N) is 1. The number of benzene rings is 1. The Labute approximate surface area is 98.9 Å². The predicted molar refractivity (Wildman–Crippen MR) is 65.1 cm³/mol. The topological polar surface area (TPSA) is 35.2 Å². The normalized spacial score (nSPS) is 17.6. The van der Waals surface area contributed by atoms with Gasteiger partial charge in [-0.2, -0.15) is 0 Å². The zero-order valence-electron chi connectivity index (χ0n) is 9.09. The number of rotatable bonds is 3. The van der Waals surface area contributed by atoms with E-state index in [2.05, 4.69) is 28.9 Å². The lowest BCUT2D eigenvalue weighted by Crippen LogP contribution is -2.13. The molecule has 2 N–H and O–H groups in total. The second kappa shape index (κ2) is 4.14. The standard InChI is InChI=1S/C12H16BrNO/c1-7-5-11(15-2)9(6-10(7)13)12(14)8-3-4-8/h5-6,8,12H,3-4,14H2,1-2H3. The molecule has 1 aliphatic carbocycles. The van der Waals surface area contributed by atoms with Crippen molar-refractivity contribution in [1.29, 1.82) is 0 Å². The summed E-state index contributed by atoms with van der Waals surface area (Å²) in [6.07, 6.45) is 2.49. The summed E-state index contributed by atoms with van der Waals surface area (Å²) in [5, 5.41) is 0. The maximum absolute atomic E-state index is 6.19. The highest BCUT2D eigenvalue weighted by Gasteiger charge is 2.31. The van der Waals surface area contributed by atoms with Gasteiger partial charge in [0.2, 0.25) is 0 Å². The average molecular weight is 270 g/mol. The van der Waals surface area contributed by atoms with Gasteiger partial charge >= 0.3 is 0 Å². The van der Waals surface area contributed by atoms with E-state index in [1.54, 1.807) is 7.11 Å². The van der Waals surface area contributed by atoms with Gasteiger partial charge in [0.1, 0.15) is 5.75 Å². The van der Waals surface area contributed by atoms with Crippen molar-refractivity contribution in [3.63, 3.8) is 0 Å². The largest absolute Gasteiger partial charge is 0.496 e. The van der Waals surface area contributed by atoms with Gasteiger partial charge in [-0.1, -0.05) is 15.9 Å². The smallest absolute Gasteiger partial charge is 0.123 e. The molecular weight excluding hydrogens is 254 g/mol. The Morgan fingerprint density at radius 1 is 1.47 bits per heavy atom. The van der Waals surface area contributed by atoms with E-state index in [9.17, 15) is 0 Å². The minimum Gasteiger partial charge on any atom is -0.496 e. The molecule has 1 aliphatic rings. The Morgan fingerprint density at radius 2 is 2.13 bits per heavy atom. The lowest BCUT2D eigenvalue weighted by Gasteiger charge is -2.16. The van der Waals surface area contributed by atoms with Gasteiger partial charge in [0.05, 0.1) is 7.11 Å². The maximum Gasteiger partial charge on any atom is 0.123 e. The Hall–Kier alpha value is -0.540. The Morgan fingerprint density at radius 3 is 2.67 bits per heavy atom. The van der Waals surface area contributed by atoms with Crippen molar-refractivity contribution in [2.75, 3.05) is 7.11 Å². The fourth-order valence-electron chi connectivity index (χ4n) is 1.82. The Balaban J connectivity index is 2.39. The van der Waals surface area contributed by atoms with Crippen molar-refractivity contribution >= 4 is 15.9 Å². The van der Waals surface area contributed by atoms with Gasteiger partial charge in [0, 0.05) is 16.1 Å². The fourth-order valence-corrected chi connectivity index (χ4v) is 2.18. The van der Waals surface area contributed by atoms with Gasteiger partial charge in [-0.3, -0.25) is 0 Å². The highest BCUT2D eigenvalue weighted by atomic mass is 79.9. The molecule has 2 rings (SSSR count). The van der Waals surface area contributed by atoms with Gasteiger partial charge in [-0.05, 0) is 43.4 Å². The number of ether oxygens (including phenoxy) is 1. The van der Waals surface area contributed by atoms with E-state index in [-0.39, 0.29) is 6.04 Å². The summed E-state index contributed by atoms with van der Waals surface area (Å²) in [6.45, 7) is 2.05. The summed E-state index contributed by atoms with van der Waals surface area (Å²) >= 11 is 3.54. The van der Waals surface area contributed by atoms with E-state index in [1.165, 1.54) is 18.4 Å². The molecule has 3 heteroatoms. The molecule has 0 bridgehead atoms. The third-order valence-electron chi connectivity index (χ3n) is 3.00. The monoisotopic (exact) mass is 269 g/mol. The van der Waals surface area contributed by atoms with Crippen LogP contribution in [-0.4, -0.2) is 7.11 Å². The lowest BCUT2D eigenvalue weighted by molar-refractivity contribution is 0.402. The van der Waals surface area contributed by atoms with Crippen LogP contribution in [0.2, 0.25) is 0 Å². The SMILES string of the molecule is COc1cc(C)c(Br)cc1C(N)C1CC1. The Kier molecular flexibility index (Phi) is 3.03. The molecule has 1 unspecified atom stereocenters. The van der Waals surface area contributed by atoms with E-state index < -0.39 is 0 Å². The first-order valence-electron chi connectivity index (χ1n) is 5.23. The summed E-state index contributed by atoms with van der Waals surface area (Å²) in [5.41, 5.74) is 8.50. The maximum atomic E-state index is 6.19. The minimum absolute atomic E-state index is 0.122. The zero-order chi connectivity index (χ0) is 11.0. The molecule has 0 spiro atoms. The van der Waals surface area contributed by atoms with Crippen LogP contribution in [0.3, 0.4) is 0 Å². The van der Waals surface area contributed by atoms with Crippen molar-refractivity contribution in [3.05, 3.63) is 27.7 Å². The predicted octanol–water partition coefficient (Wildman–Crippen LogP) is 3.18. The molecule has 1 saturated carbocycles. The van der Waals surface area contributed by atoms with Gasteiger partial charge in [-0.25, -0.2) is 0 Å². The molecule has 2 nitrogen and oxygen atoms in total. The van der Waals surface area contributed by atoms with Crippen LogP contribution in [0.4, 0.5) is 0 Å². The van der Waals surface area contributed by atoms with Crippen LogP contribution in [0.15, 0.2) is 16.6 Å². The first kappa shape index (κ1) is 11.0. The Bertz CT molecular complexity index is 374. The van der Waals surface area contributed by atoms with Crippen LogP contribution < -0.4 is 10.5 Å². The lowest BCUT2D eigenvalue weighted by atomic mass is 10.0. The first-order valence-corrected chi connectivity index (χ1v) is 6.02. The highest BCUT2D eigenvalue weighted by molar-refractivity contribution is 9.10. The fraction of sp³-hybridized carbons (Fsp3) is 0.500. The summed E-state index contributed by atoms with van der Waals surface area (Å²) in [5.74, 6) is 1.56. The molecule has 0 aromatic heterocycles. The molecule has 1 aromatic rings. The molecule has 1 fully saturated rings. The van der Waals surface area contributed by atoms with E-state index in [1.807, 2.05) is 6.07 Å². The van der Waals surface area contributed by atoms with Crippen LogP contribution in [0.25, 0.3) is 0 Å². The zero-order valence-corrected chi connectivity index (χ0v) is 10.7. The number of hydrogen-bond acceptors (Lipinski definition) is 2. The molecule has 1 aromatic carbocycles.